The molecule has 1 unspecified atom stereocenters. The van der Waals surface area contributed by atoms with Gasteiger partial charge in [0, 0.05) is 12.5 Å². The Morgan fingerprint density at radius 1 is 1.06 bits per heavy atom. The molecule has 1 aliphatic carbocycles. The highest BCUT2D eigenvalue weighted by Gasteiger charge is 2.46. The molecule has 6 heteroatoms. The van der Waals surface area contributed by atoms with Gasteiger partial charge in [-0.15, -0.1) is 0 Å². The minimum atomic E-state index is -0.952. The van der Waals surface area contributed by atoms with Gasteiger partial charge in [0.15, 0.2) is 0 Å². The molecule has 8 atom stereocenters. The van der Waals surface area contributed by atoms with Gasteiger partial charge in [-0.2, -0.15) is 0 Å². The maximum atomic E-state index is 12.6. The molecular formula is C30H42O6. The molecule has 2 bridgehead atoms. The number of ether oxygens (including phenoxy) is 3. The molecule has 36 heavy (non-hydrogen) atoms. The van der Waals surface area contributed by atoms with E-state index in [0.29, 0.717) is 19.3 Å². The Labute approximate surface area is 215 Å². The zero-order valence-corrected chi connectivity index (χ0v) is 21.3. The first-order chi connectivity index (χ1) is 17.5. The summed E-state index contributed by atoms with van der Waals surface area (Å²) in [7, 11) is 0. The quantitative estimate of drug-likeness (QED) is 0.328. The van der Waals surface area contributed by atoms with E-state index in [1.54, 1.807) is 12.2 Å². The van der Waals surface area contributed by atoms with Gasteiger partial charge in [-0.1, -0.05) is 61.1 Å². The summed E-state index contributed by atoms with van der Waals surface area (Å²) in [5, 5.41) is 21.6. The van der Waals surface area contributed by atoms with Crippen LogP contribution in [0.25, 0.3) is 0 Å². The highest BCUT2D eigenvalue weighted by molar-refractivity contribution is 5.82. The van der Waals surface area contributed by atoms with Gasteiger partial charge in [-0.3, -0.25) is 0 Å². The van der Waals surface area contributed by atoms with Crippen molar-refractivity contribution in [2.45, 2.75) is 113 Å². The summed E-state index contributed by atoms with van der Waals surface area (Å²) in [5.41, 5.74) is 1.01. The third kappa shape index (κ3) is 8.55. The van der Waals surface area contributed by atoms with Crippen molar-refractivity contribution in [2.75, 3.05) is 0 Å². The van der Waals surface area contributed by atoms with Crippen LogP contribution >= 0.6 is 0 Å². The first kappa shape index (κ1) is 27.1. The van der Waals surface area contributed by atoms with Crippen molar-refractivity contribution in [1.82, 2.24) is 0 Å². The van der Waals surface area contributed by atoms with Crippen LogP contribution < -0.4 is 0 Å². The largest absolute Gasteiger partial charge is 0.456 e. The first-order valence-corrected chi connectivity index (χ1v) is 13.7. The van der Waals surface area contributed by atoms with E-state index in [1.165, 1.54) is 12.5 Å². The van der Waals surface area contributed by atoms with Crippen molar-refractivity contribution in [3.8, 4) is 0 Å². The van der Waals surface area contributed by atoms with Gasteiger partial charge in [-0.25, -0.2) is 4.79 Å². The first-order valence-electron chi connectivity index (χ1n) is 13.7. The molecule has 0 aromatic heterocycles. The van der Waals surface area contributed by atoms with Crippen LogP contribution in [-0.2, 0) is 19.0 Å². The molecule has 0 radical (unpaired) electrons. The molecule has 0 aromatic carbocycles. The summed E-state index contributed by atoms with van der Waals surface area (Å²) in [4.78, 5) is 12.6. The predicted molar refractivity (Wildman–Crippen MR) is 139 cm³/mol. The number of hydrogen-bond donors (Lipinski definition) is 2. The van der Waals surface area contributed by atoms with Crippen LogP contribution in [0.3, 0.4) is 0 Å². The van der Waals surface area contributed by atoms with Gasteiger partial charge in [-0.05, 0) is 63.7 Å². The van der Waals surface area contributed by atoms with Gasteiger partial charge in [0.25, 0.3) is 0 Å². The molecule has 3 heterocycles. The summed E-state index contributed by atoms with van der Waals surface area (Å²) in [6.45, 7) is 4.15. The minimum Gasteiger partial charge on any atom is -0.456 e. The van der Waals surface area contributed by atoms with Crippen LogP contribution in [0, 0.1) is 5.92 Å². The lowest BCUT2D eigenvalue weighted by Gasteiger charge is -2.25. The van der Waals surface area contributed by atoms with Crippen LogP contribution in [0.2, 0.25) is 0 Å². The molecule has 0 spiro atoms. The Kier molecular flexibility index (Phi) is 10.2. The Balaban J connectivity index is 1.43. The van der Waals surface area contributed by atoms with Crippen molar-refractivity contribution >= 4 is 5.97 Å². The lowest BCUT2D eigenvalue weighted by Crippen LogP contribution is -2.32. The Bertz CT molecular complexity index is 858. The Morgan fingerprint density at radius 2 is 1.94 bits per heavy atom. The summed E-state index contributed by atoms with van der Waals surface area (Å²) >= 11 is 0. The van der Waals surface area contributed by atoms with E-state index in [4.69, 9.17) is 14.2 Å². The van der Waals surface area contributed by atoms with Crippen molar-refractivity contribution in [3.63, 3.8) is 0 Å². The van der Waals surface area contributed by atoms with Crippen molar-refractivity contribution in [1.29, 1.82) is 0 Å². The number of rotatable bonds is 3. The third-order valence-electron chi connectivity index (χ3n) is 7.50. The molecule has 2 N–H and O–H groups in total. The molecule has 4 rings (SSSR count). The van der Waals surface area contributed by atoms with E-state index >= 15 is 0 Å². The number of carbonyl (C=O) groups is 1. The van der Waals surface area contributed by atoms with Gasteiger partial charge < -0.3 is 24.4 Å². The summed E-state index contributed by atoms with van der Waals surface area (Å²) < 4.78 is 17.6. The number of aliphatic hydroxyl groups is 2. The van der Waals surface area contributed by atoms with Gasteiger partial charge >= 0.3 is 5.97 Å². The van der Waals surface area contributed by atoms with Crippen molar-refractivity contribution in [2.24, 2.45) is 5.92 Å². The second-order valence-corrected chi connectivity index (χ2v) is 10.6. The molecule has 6 nitrogen and oxygen atoms in total. The zero-order valence-electron chi connectivity index (χ0n) is 21.3. The average Bonchev–Trinajstić information content (AvgIpc) is 3.66. The second-order valence-electron chi connectivity index (χ2n) is 10.6. The number of hydrogen-bond acceptors (Lipinski definition) is 6. The topological polar surface area (TPSA) is 88.5 Å². The van der Waals surface area contributed by atoms with Crippen molar-refractivity contribution in [3.05, 3.63) is 60.8 Å². The second kappa shape index (κ2) is 13.5. The van der Waals surface area contributed by atoms with Crippen LogP contribution in [0.15, 0.2) is 60.8 Å². The smallest absolute Gasteiger partial charge is 0.330 e. The highest BCUT2D eigenvalue weighted by Crippen LogP contribution is 2.34. The van der Waals surface area contributed by atoms with E-state index in [1.807, 2.05) is 12.2 Å². The van der Waals surface area contributed by atoms with Crippen LogP contribution in [-0.4, -0.2) is 58.9 Å². The molecule has 198 valence electrons. The molecule has 0 aromatic rings. The number of carbonyl (C=O) groups excluding carboxylic acids is 1. The average molecular weight is 499 g/mol. The number of esters is 1. The highest BCUT2D eigenvalue weighted by atomic mass is 16.6. The van der Waals surface area contributed by atoms with E-state index in [-0.39, 0.29) is 30.3 Å². The number of epoxide rings is 1. The molecule has 1 fully saturated rings. The standard InChI is InChI=1S/C30H42O6/c1-21-9-6-12-23-13-7-14-24(34-23)15-8-16-29(33)35-27(20-28-30(36-28)26(32)19-21)25(31)18-17-22-10-4-2-3-5-11-22/h4,7-8,10,14,16-18,22-28,30-32H,1-3,5-6,9,11-13,15,19-20H2/b16-8-,18-17+/t22?,23-,24+,25+,26+,27+,28+,30+/m1/s1. The van der Waals surface area contributed by atoms with E-state index in [0.717, 1.165) is 50.5 Å². The Hall–Kier alpha value is -1.99. The third-order valence-corrected chi connectivity index (χ3v) is 7.50. The fourth-order valence-electron chi connectivity index (χ4n) is 5.35. The number of allylic oxidation sites excluding steroid dienone is 3. The lowest BCUT2D eigenvalue weighted by atomic mass is 9.96. The lowest BCUT2D eigenvalue weighted by molar-refractivity contribution is -0.148. The number of cyclic esters (lactones) is 1. The molecule has 4 aliphatic rings. The van der Waals surface area contributed by atoms with Crippen LogP contribution in [0.5, 0.6) is 0 Å². The molecular weight excluding hydrogens is 456 g/mol. The van der Waals surface area contributed by atoms with E-state index in [9.17, 15) is 15.0 Å². The summed E-state index contributed by atoms with van der Waals surface area (Å²) in [6.07, 6.45) is 22.2. The fourth-order valence-corrected chi connectivity index (χ4v) is 5.35. The van der Waals surface area contributed by atoms with E-state index < -0.39 is 24.3 Å². The monoisotopic (exact) mass is 498 g/mol. The SMILES string of the molecule is C=C1CCC[C@@H]2CC=C[C@@H](C/C=C\C(=O)O[C@H]([C@@H](O)/C=C/C3C=CCCCC3)C[C@@H]3O[C@H]3[C@@H](O)C1)O2. The van der Waals surface area contributed by atoms with Gasteiger partial charge in [0.2, 0.25) is 0 Å². The molecule has 0 saturated carbocycles. The maximum Gasteiger partial charge on any atom is 0.330 e. The molecule has 3 aliphatic heterocycles. The molecule has 1 saturated heterocycles. The number of aliphatic hydroxyl groups excluding tert-OH is 2. The molecule has 0 amide bonds. The van der Waals surface area contributed by atoms with Crippen LogP contribution in [0.4, 0.5) is 0 Å². The minimum absolute atomic E-state index is 0.0609. The number of fused-ring (bicyclic) bond motifs is 3. The van der Waals surface area contributed by atoms with E-state index in [2.05, 4.69) is 24.8 Å². The summed E-state index contributed by atoms with van der Waals surface area (Å²) in [5.74, 6) is -0.215. The summed E-state index contributed by atoms with van der Waals surface area (Å²) in [6, 6.07) is 0. The maximum absolute atomic E-state index is 12.6. The van der Waals surface area contributed by atoms with Crippen molar-refractivity contribution < 1.29 is 29.2 Å². The van der Waals surface area contributed by atoms with Gasteiger partial charge in [0.1, 0.15) is 18.3 Å². The normalized spacial score (nSPS) is 38.3. The zero-order chi connectivity index (χ0) is 25.3. The fraction of sp³-hybridized carbons (Fsp3) is 0.633. The Morgan fingerprint density at radius 3 is 2.83 bits per heavy atom. The van der Waals surface area contributed by atoms with Gasteiger partial charge in [0.05, 0.1) is 24.4 Å². The van der Waals surface area contributed by atoms with Crippen LogP contribution in [0.1, 0.15) is 70.6 Å². The predicted octanol–water partition coefficient (Wildman–Crippen LogP) is 4.87.